The zero-order valence-corrected chi connectivity index (χ0v) is 9.44. The topological polar surface area (TPSA) is 37.8 Å². The fourth-order valence-electron chi connectivity index (χ4n) is 2.42. The van der Waals surface area contributed by atoms with E-state index in [1.54, 1.807) is 16.8 Å². The molecule has 1 aliphatic rings. The first-order valence-corrected chi connectivity index (χ1v) is 6.27. The highest BCUT2D eigenvalue weighted by atomic mass is 32.1. The summed E-state index contributed by atoms with van der Waals surface area (Å²) >= 11 is 1.60. The highest BCUT2D eigenvalue weighted by Crippen LogP contribution is 2.36. The van der Waals surface area contributed by atoms with Crippen molar-refractivity contribution >= 4 is 16.5 Å². The van der Waals surface area contributed by atoms with Gasteiger partial charge in [-0.25, -0.2) is 0 Å². The van der Waals surface area contributed by atoms with E-state index in [-0.39, 0.29) is 0 Å². The van der Waals surface area contributed by atoms with Crippen molar-refractivity contribution in [3.63, 3.8) is 0 Å². The molecule has 0 atom stereocenters. The molecule has 78 valence electrons. The molecule has 0 aromatic carbocycles. The first-order valence-electron chi connectivity index (χ1n) is 5.39. The van der Waals surface area contributed by atoms with Crippen molar-refractivity contribution in [2.75, 3.05) is 5.32 Å². The van der Waals surface area contributed by atoms with Gasteiger partial charge in [-0.3, -0.25) is 0 Å². The Balaban J connectivity index is 2.04. The lowest BCUT2D eigenvalue weighted by atomic mass is 9.92. The zero-order chi connectivity index (χ0) is 9.86. The molecule has 0 spiro atoms. The molecule has 1 aromatic rings. The first-order chi connectivity index (χ1) is 6.85. The lowest BCUT2D eigenvalue weighted by Gasteiger charge is -2.29. The van der Waals surface area contributed by atoms with E-state index in [0.717, 1.165) is 5.13 Å². The maximum Gasteiger partial charge on any atom is 0.205 e. The van der Waals surface area contributed by atoms with Crippen LogP contribution in [0.4, 0.5) is 5.13 Å². The fourth-order valence-corrected chi connectivity index (χ4v) is 2.99. The predicted molar refractivity (Wildman–Crippen MR) is 59.6 cm³/mol. The normalized spacial score (nSPS) is 19.8. The van der Waals surface area contributed by atoms with E-state index in [4.69, 9.17) is 0 Å². The van der Waals surface area contributed by atoms with Crippen LogP contribution >= 0.6 is 11.3 Å². The third-order valence-corrected chi connectivity index (χ3v) is 3.63. The number of aromatic nitrogens is 2. The van der Waals surface area contributed by atoms with Crippen molar-refractivity contribution < 1.29 is 0 Å². The number of rotatable bonds is 4. The van der Waals surface area contributed by atoms with Gasteiger partial charge < -0.3 is 5.32 Å². The van der Waals surface area contributed by atoms with Crippen LogP contribution < -0.4 is 5.32 Å². The van der Waals surface area contributed by atoms with Crippen LogP contribution in [0.15, 0.2) is 5.51 Å². The van der Waals surface area contributed by atoms with E-state index < -0.39 is 0 Å². The van der Waals surface area contributed by atoms with Crippen molar-refractivity contribution in [1.82, 2.24) is 10.2 Å². The van der Waals surface area contributed by atoms with Crippen molar-refractivity contribution in [2.24, 2.45) is 0 Å². The Hall–Kier alpha value is -0.640. The van der Waals surface area contributed by atoms with Crippen LogP contribution in [0.25, 0.3) is 0 Å². The second-order valence-corrected chi connectivity index (χ2v) is 4.94. The Bertz CT molecular complexity index is 265. The van der Waals surface area contributed by atoms with E-state index in [2.05, 4.69) is 22.4 Å². The number of hydrogen-bond donors (Lipinski definition) is 1. The van der Waals surface area contributed by atoms with Crippen molar-refractivity contribution in [3.05, 3.63) is 5.51 Å². The number of hydrogen-bond acceptors (Lipinski definition) is 4. The molecule has 0 saturated heterocycles. The first kappa shape index (κ1) is 9.90. The second kappa shape index (κ2) is 4.26. The molecular weight excluding hydrogens is 194 g/mol. The molecule has 0 bridgehead atoms. The highest BCUT2D eigenvalue weighted by molar-refractivity contribution is 7.13. The number of nitrogens with zero attached hydrogens (tertiary/aromatic N) is 2. The smallest absolute Gasteiger partial charge is 0.205 e. The van der Waals surface area contributed by atoms with Crippen LogP contribution in [0.5, 0.6) is 0 Å². The van der Waals surface area contributed by atoms with Crippen molar-refractivity contribution in [1.29, 1.82) is 0 Å². The minimum absolute atomic E-state index is 0.328. The summed E-state index contributed by atoms with van der Waals surface area (Å²) in [6, 6.07) is 0. The van der Waals surface area contributed by atoms with Gasteiger partial charge in [-0.1, -0.05) is 37.5 Å². The summed E-state index contributed by atoms with van der Waals surface area (Å²) in [7, 11) is 0. The zero-order valence-electron chi connectivity index (χ0n) is 8.62. The Morgan fingerprint density at radius 2 is 2.29 bits per heavy atom. The average Bonchev–Trinajstić information content (AvgIpc) is 2.78. The largest absolute Gasteiger partial charge is 0.355 e. The van der Waals surface area contributed by atoms with E-state index in [9.17, 15) is 0 Å². The predicted octanol–water partition coefficient (Wildman–Crippen LogP) is 3.06. The summed E-state index contributed by atoms with van der Waals surface area (Å²) in [6.07, 6.45) is 7.79. The summed E-state index contributed by atoms with van der Waals surface area (Å²) in [5.74, 6) is 0. The molecule has 4 heteroatoms. The minimum atomic E-state index is 0.328. The molecule has 2 rings (SSSR count). The molecule has 1 aliphatic carbocycles. The van der Waals surface area contributed by atoms with Gasteiger partial charge in [-0.05, 0) is 19.3 Å². The van der Waals surface area contributed by atoms with Gasteiger partial charge in [-0.15, -0.1) is 10.2 Å². The van der Waals surface area contributed by atoms with Gasteiger partial charge in [0.15, 0.2) is 0 Å². The summed E-state index contributed by atoms with van der Waals surface area (Å²) in [4.78, 5) is 0. The molecular formula is C10H17N3S. The maximum absolute atomic E-state index is 4.06. The standard InChI is InChI=1S/C10H17N3S/c1-2-5-10(6-3-4-7-10)12-9-13-11-8-14-9/h8H,2-7H2,1H3,(H,12,13). The van der Waals surface area contributed by atoms with Crippen LogP contribution in [0.3, 0.4) is 0 Å². The van der Waals surface area contributed by atoms with Gasteiger partial charge in [-0.2, -0.15) is 0 Å². The van der Waals surface area contributed by atoms with Crippen molar-refractivity contribution in [2.45, 2.75) is 51.0 Å². The van der Waals surface area contributed by atoms with E-state index in [1.807, 2.05) is 0 Å². The molecule has 1 fully saturated rings. The molecule has 1 heterocycles. The molecule has 0 aliphatic heterocycles. The number of nitrogens with one attached hydrogen (secondary N) is 1. The molecule has 14 heavy (non-hydrogen) atoms. The third kappa shape index (κ3) is 2.05. The monoisotopic (exact) mass is 211 g/mol. The maximum atomic E-state index is 4.06. The van der Waals surface area contributed by atoms with Gasteiger partial charge in [0, 0.05) is 5.54 Å². The molecule has 0 amide bonds. The van der Waals surface area contributed by atoms with Crippen LogP contribution in [-0.2, 0) is 0 Å². The van der Waals surface area contributed by atoms with Crippen LogP contribution in [0, 0.1) is 0 Å². The molecule has 1 aromatic heterocycles. The van der Waals surface area contributed by atoms with Crippen LogP contribution in [0.1, 0.15) is 45.4 Å². The Labute approximate surface area is 88.9 Å². The molecule has 0 unspecified atom stereocenters. The minimum Gasteiger partial charge on any atom is -0.355 e. The quantitative estimate of drug-likeness (QED) is 0.831. The van der Waals surface area contributed by atoms with Gasteiger partial charge in [0.25, 0.3) is 0 Å². The molecule has 3 nitrogen and oxygen atoms in total. The molecule has 1 saturated carbocycles. The van der Waals surface area contributed by atoms with Gasteiger partial charge >= 0.3 is 0 Å². The van der Waals surface area contributed by atoms with E-state index in [0.29, 0.717) is 5.54 Å². The summed E-state index contributed by atoms with van der Waals surface area (Å²) < 4.78 is 0. The molecule has 1 N–H and O–H groups in total. The lowest BCUT2D eigenvalue weighted by Crippen LogP contribution is -2.34. The van der Waals surface area contributed by atoms with Gasteiger partial charge in [0.2, 0.25) is 5.13 Å². The second-order valence-electron chi connectivity index (χ2n) is 4.11. The summed E-state index contributed by atoms with van der Waals surface area (Å²) in [5.41, 5.74) is 2.12. The van der Waals surface area contributed by atoms with Crippen LogP contribution in [0.2, 0.25) is 0 Å². The Kier molecular flexibility index (Phi) is 3.01. The summed E-state index contributed by atoms with van der Waals surface area (Å²) in [6.45, 7) is 2.25. The highest BCUT2D eigenvalue weighted by Gasteiger charge is 2.33. The van der Waals surface area contributed by atoms with E-state index >= 15 is 0 Å². The van der Waals surface area contributed by atoms with Gasteiger partial charge in [0.05, 0.1) is 0 Å². The third-order valence-electron chi connectivity index (χ3n) is 3.02. The number of anilines is 1. The lowest BCUT2D eigenvalue weighted by molar-refractivity contribution is 0.438. The molecule has 0 radical (unpaired) electrons. The average molecular weight is 211 g/mol. The summed E-state index contributed by atoms with van der Waals surface area (Å²) in [5, 5.41) is 12.5. The Morgan fingerprint density at radius 1 is 1.50 bits per heavy atom. The van der Waals surface area contributed by atoms with Gasteiger partial charge in [0.1, 0.15) is 5.51 Å². The van der Waals surface area contributed by atoms with E-state index in [1.165, 1.54) is 38.5 Å². The van der Waals surface area contributed by atoms with Crippen molar-refractivity contribution in [3.8, 4) is 0 Å². The fraction of sp³-hybridized carbons (Fsp3) is 0.800. The SMILES string of the molecule is CCCC1(Nc2nncs2)CCCC1. The van der Waals surface area contributed by atoms with Crippen LogP contribution in [-0.4, -0.2) is 15.7 Å². The Morgan fingerprint density at radius 3 is 2.86 bits per heavy atom.